The van der Waals surface area contributed by atoms with E-state index in [1.807, 2.05) is 0 Å². The van der Waals surface area contributed by atoms with Crippen LogP contribution in [0.15, 0.2) is 0 Å². The molecule has 0 aromatic heterocycles. The number of carbonyl (C=O) groups is 1. The molecule has 0 radical (unpaired) electrons. The molecule has 0 aromatic rings. The van der Waals surface area contributed by atoms with Crippen molar-refractivity contribution in [2.45, 2.75) is 18.4 Å². The molecule has 1 saturated carbocycles. The molecule has 4 heteroatoms. The van der Waals surface area contributed by atoms with Crippen molar-refractivity contribution < 1.29 is 14.6 Å². The van der Waals surface area contributed by atoms with Crippen LogP contribution in [-0.2, 0) is 9.53 Å². The summed E-state index contributed by atoms with van der Waals surface area (Å²) >= 11 is 0. The normalized spacial score (nSPS) is 36.1. The highest BCUT2D eigenvalue weighted by atomic mass is 16.5. The quantitative estimate of drug-likeness (QED) is 0.520. The van der Waals surface area contributed by atoms with Crippen LogP contribution < -0.4 is 5.73 Å². The van der Waals surface area contributed by atoms with E-state index in [9.17, 15) is 9.90 Å². The summed E-state index contributed by atoms with van der Waals surface area (Å²) in [7, 11) is 1.35. The molecule has 0 spiro atoms. The second kappa shape index (κ2) is 2.79. The van der Waals surface area contributed by atoms with Gasteiger partial charge in [-0.25, -0.2) is 0 Å². The highest BCUT2D eigenvalue weighted by Gasteiger charge is 2.45. The van der Waals surface area contributed by atoms with Gasteiger partial charge in [0.2, 0.25) is 0 Å². The lowest BCUT2D eigenvalue weighted by atomic mass is 9.71. The van der Waals surface area contributed by atoms with Crippen LogP contribution in [0.4, 0.5) is 0 Å². The van der Waals surface area contributed by atoms with Gasteiger partial charge in [0.25, 0.3) is 0 Å². The van der Waals surface area contributed by atoms with E-state index in [0.717, 1.165) is 0 Å². The summed E-state index contributed by atoms with van der Waals surface area (Å²) in [6.45, 7) is 0.223. The van der Waals surface area contributed by atoms with E-state index in [1.54, 1.807) is 0 Å². The zero-order chi connectivity index (χ0) is 8.48. The van der Waals surface area contributed by atoms with E-state index < -0.39 is 5.60 Å². The second-order valence-corrected chi connectivity index (χ2v) is 3.06. The number of nitrogens with two attached hydrogens (primary N) is 1. The number of ether oxygens (including phenoxy) is 1. The fourth-order valence-electron chi connectivity index (χ4n) is 1.36. The highest BCUT2D eigenvalue weighted by Crippen LogP contribution is 2.37. The third-order valence-electron chi connectivity index (χ3n) is 2.17. The first-order valence-electron chi connectivity index (χ1n) is 3.61. The Balaban J connectivity index is 2.34. The Morgan fingerprint density at radius 3 is 2.73 bits per heavy atom. The molecule has 4 nitrogen and oxygen atoms in total. The van der Waals surface area contributed by atoms with Crippen molar-refractivity contribution >= 4 is 5.97 Å². The molecule has 0 bridgehead atoms. The first kappa shape index (κ1) is 8.49. The number of esters is 1. The van der Waals surface area contributed by atoms with Gasteiger partial charge < -0.3 is 15.6 Å². The standard InChI is InChI=1S/C7H13NO3/c1-11-6(9)5-2-7(10,3-5)4-8/h5,10H,2-4,8H2,1H3. The van der Waals surface area contributed by atoms with Gasteiger partial charge in [-0.1, -0.05) is 0 Å². The Bertz CT molecular complexity index is 163. The maximum absolute atomic E-state index is 10.8. The predicted molar refractivity (Wildman–Crippen MR) is 38.7 cm³/mol. The lowest BCUT2D eigenvalue weighted by Crippen LogP contribution is -2.52. The number of rotatable bonds is 2. The zero-order valence-corrected chi connectivity index (χ0v) is 6.54. The number of aliphatic hydroxyl groups is 1. The highest BCUT2D eigenvalue weighted by molar-refractivity contribution is 5.73. The molecule has 64 valence electrons. The van der Waals surface area contributed by atoms with E-state index in [-0.39, 0.29) is 18.4 Å². The summed E-state index contributed by atoms with van der Waals surface area (Å²) in [5, 5.41) is 9.40. The number of hydrogen-bond donors (Lipinski definition) is 2. The monoisotopic (exact) mass is 159 g/mol. The van der Waals surface area contributed by atoms with Gasteiger partial charge in [-0.15, -0.1) is 0 Å². The molecule has 0 aromatic carbocycles. The molecular weight excluding hydrogens is 146 g/mol. The molecule has 3 N–H and O–H groups in total. The van der Waals surface area contributed by atoms with Crippen LogP contribution in [0.25, 0.3) is 0 Å². The van der Waals surface area contributed by atoms with Crippen molar-refractivity contribution in [3.63, 3.8) is 0 Å². The number of carbonyl (C=O) groups excluding carboxylic acids is 1. The smallest absolute Gasteiger partial charge is 0.308 e. The third-order valence-corrected chi connectivity index (χ3v) is 2.17. The van der Waals surface area contributed by atoms with Gasteiger partial charge in [0.1, 0.15) is 0 Å². The van der Waals surface area contributed by atoms with Crippen molar-refractivity contribution in [1.29, 1.82) is 0 Å². The maximum atomic E-state index is 10.8. The molecule has 1 rings (SSSR count). The molecule has 0 atom stereocenters. The van der Waals surface area contributed by atoms with Gasteiger partial charge >= 0.3 is 5.97 Å². The van der Waals surface area contributed by atoms with Crippen molar-refractivity contribution in [3.05, 3.63) is 0 Å². The van der Waals surface area contributed by atoms with Crippen molar-refractivity contribution in [3.8, 4) is 0 Å². The Kier molecular flexibility index (Phi) is 2.15. The summed E-state index contributed by atoms with van der Waals surface area (Å²) < 4.78 is 4.50. The fourth-order valence-corrected chi connectivity index (χ4v) is 1.36. The van der Waals surface area contributed by atoms with Crippen LogP contribution >= 0.6 is 0 Å². The lowest BCUT2D eigenvalue weighted by Gasteiger charge is -2.40. The zero-order valence-electron chi connectivity index (χ0n) is 6.54. The average Bonchev–Trinajstić information content (AvgIpc) is 1.97. The Morgan fingerprint density at radius 1 is 1.82 bits per heavy atom. The second-order valence-electron chi connectivity index (χ2n) is 3.06. The largest absolute Gasteiger partial charge is 0.469 e. The molecule has 11 heavy (non-hydrogen) atoms. The number of methoxy groups -OCH3 is 1. The molecular formula is C7H13NO3. The minimum Gasteiger partial charge on any atom is -0.469 e. The summed E-state index contributed by atoms with van der Waals surface area (Å²) in [5.41, 5.74) is 4.46. The van der Waals surface area contributed by atoms with Crippen LogP contribution in [0.1, 0.15) is 12.8 Å². The molecule has 0 saturated heterocycles. The summed E-state index contributed by atoms with van der Waals surface area (Å²) in [5.74, 6) is -0.392. The van der Waals surface area contributed by atoms with Crippen molar-refractivity contribution in [2.24, 2.45) is 11.7 Å². The van der Waals surface area contributed by atoms with E-state index in [2.05, 4.69) is 4.74 Å². The molecule has 0 amide bonds. The predicted octanol–water partition coefficient (Wildman–Crippen LogP) is -0.741. The molecule has 0 heterocycles. The average molecular weight is 159 g/mol. The molecule has 0 aliphatic heterocycles. The van der Waals surface area contributed by atoms with E-state index in [0.29, 0.717) is 12.8 Å². The third kappa shape index (κ3) is 1.52. The van der Waals surface area contributed by atoms with Crippen molar-refractivity contribution in [1.82, 2.24) is 0 Å². The summed E-state index contributed by atoms with van der Waals surface area (Å²) in [4.78, 5) is 10.8. The Labute approximate surface area is 65.3 Å². The molecule has 1 aliphatic rings. The van der Waals surface area contributed by atoms with Crippen LogP contribution in [0.5, 0.6) is 0 Å². The van der Waals surface area contributed by atoms with Gasteiger partial charge in [-0.05, 0) is 12.8 Å². The van der Waals surface area contributed by atoms with Crippen LogP contribution in [0, 0.1) is 5.92 Å². The van der Waals surface area contributed by atoms with Gasteiger partial charge in [0.15, 0.2) is 0 Å². The number of hydrogen-bond acceptors (Lipinski definition) is 4. The Morgan fingerprint density at radius 2 is 2.36 bits per heavy atom. The van der Waals surface area contributed by atoms with Crippen molar-refractivity contribution in [2.75, 3.05) is 13.7 Å². The van der Waals surface area contributed by atoms with Gasteiger partial charge in [0.05, 0.1) is 18.6 Å². The maximum Gasteiger partial charge on any atom is 0.308 e. The van der Waals surface area contributed by atoms with Crippen LogP contribution in [0.3, 0.4) is 0 Å². The summed E-state index contributed by atoms with van der Waals surface area (Å²) in [6, 6.07) is 0. The molecule has 1 aliphatic carbocycles. The van der Waals surface area contributed by atoms with E-state index >= 15 is 0 Å². The lowest BCUT2D eigenvalue weighted by molar-refractivity contribution is -0.160. The van der Waals surface area contributed by atoms with Gasteiger partial charge in [-0.3, -0.25) is 4.79 Å². The minimum absolute atomic E-state index is 0.145. The first-order valence-corrected chi connectivity index (χ1v) is 3.61. The summed E-state index contributed by atoms with van der Waals surface area (Å²) in [6.07, 6.45) is 0.881. The SMILES string of the molecule is COC(=O)C1CC(O)(CN)C1. The topological polar surface area (TPSA) is 72.5 Å². The molecule has 1 fully saturated rings. The fraction of sp³-hybridized carbons (Fsp3) is 0.857. The molecule has 0 unspecified atom stereocenters. The van der Waals surface area contributed by atoms with Gasteiger partial charge in [-0.2, -0.15) is 0 Å². The first-order chi connectivity index (χ1) is 5.11. The van der Waals surface area contributed by atoms with E-state index in [1.165, 1.54) is 7.11 Å². The minimum atomic E-state index is -0.807. The Hall–Kier alpha value is -0.610. The van der Waals surface area contributed by atoms with E-state index in [4.69, 9.17) is 5.73 Å². The van der Waals surface area contributed by atoms with Crippen LogP contribution in [0.2, 0.25) is 0 Å². The van der Waals surface area contributed by atoms with Crippen LogP contribution in [-0.4, -0.2) is 30.3 Å². The van der Waals surface area contributed by atoms with Gasteiger partial charge in [0, 0.05) is 6.54 Å².